The van der Waals surface area contributed by atoms with Crippen molar-refractivity contribution in [3.05, 3.63) is 126 Å². The van der Waals surface area contributed by atoms with Crippen molar-refractivity contribution in [2.45, 2.75) is 65.7 Å². The molecule has 3 nitrogen and oxygen atoms in total. The molecule has 0 bridgehead atoms. The number of pyridine rings is 1. The van der Waals surface area contributed by atoms with Gasteiger partial charge in [-0.2, -0.15) is 29.4 Å². The Kier molecular flexibility index (Phi) is 8.06. The molecule has 0 fully saturated rings. The molecule has 0 aliphatic carbocycles. The van der Waals surface area contributed by atoms with Crippen molar-refractivity contribution >= 4 is 0 Å². The molecular formula is C37H39IrN3-2. The largest absolute Gasteiger partial charge is 0.305 e. The van der Waals surface area contributed by atoms with Crippen molar-refractivity contribution < 1.29 is 22.8 Å². The van der Waals surface area contributed by atoms with Crippen LogP contribution in [0.25, 0.3) is 28.1 Å². The van der Waals surface area contributed by atoms with Crippen LogP contribution in [0, 0.1) is 17.5 Å². The van der Waals surface area contributed by atoms with E-state index in [1.54, 1.807) is 6.20 Å². The zero-order chi connectivity index (χ0) is 30.3. The molecule has 2 aromatic heterocycles. The molecule has 0 spiro atoms. The average Bonchev–Trinajstić information content (AvgIpc) is 3.44. The molecule has 0 saturated carbocycles. The van der Waals surface area contributed by atoms with E-state index >= 15 is 0 Å². The third-order valence-electron chi connectivity index (χ3n) is 8.01. The number of nitrogens with zero attached hydrogens (tertiary/aromatic N) is 3. The van der Waals surface area contributed by atoms with Gasteiger partial charge in [0.25, 0.3) is 0 Å². The molecule has 4 heteroatoms. The van der Waals surface area contributed by atoms with Gasteiger partial charge in [0.2, 0.25) is 0 Å². The van der Waals surface area contributed by atoms with Crippen LogP contribution in [-0.4, -0.2) is 14.8 Å². The number of hydrogen-bond donors (Lipinski definition) is 0. The molecule has 1 radical (unpaired) electrons. The van der Waals surface area contributed by atoms with Crippen molar-refractivity contribution in [2.24, 2.45) is 5.41 Å². The van der Waals surface area contributed by atoms with E-state index in [4.69, 9.17) is 7.84 Å². The second-order valence-corrected chi connectivity index (χ2v) is 12.4. The fourth-order valence-corrected chi connectivity index (χ4v) is 5.31. The molecule has 5 aromatic rings. The number of aromatic nitrogens is 3. The maximum absolute atomic E-state index is 8.56. The Morgan fingerprint density at radius 1 is 0.829 bits per heavy atom. The quantitative estimate of drug-likeness (QED) is 0.174. The van der Waals surface area contributed by atoms with Crippen LogP contribution >= 0.6 is 0 Å². The van der Waals surface area contributed by atoms with Gasteiger partial charge in [-0.25, -0.2) is 0 Å². The monoisotopic (exact) mass is 720 g/mol. The van der Waals surface area contributed by atoms with Crippen LogP contribution in [0.2, 0.25) is 0 Å². The van der Waals surface area contributed by atoms with Crippen LogP contribution in [0.3, 0.4) is 0 Å². The summed E-state index contributed by atoms with van der Waals surface area (Å²) in [7, 11) is 0. The number of fused-ring (bicyclic) bond motifs is 3. The summed E-state index contributed by atoms with van der Waals surface area (Å²) >= 11 is 0. The molecule has 0 saturated heterocycles. The standard InChI is InChI=1S/C26H31N2.C11H8N.Ir/c1-24(2,3)16-18-12-14-19(15-13-18)20-17-27-28-22-11-9-8-10-21(22)25(4,5)26(6,7)23(20)28;1-2-6-10(7-3-1)11-8-4-5-9-12-11;/h8-10,12-15,17H,16H2,1-7H3;1-6,8-9H;/q2*-1;/i16D2;;. The first-order valence-corrected chi connectivity index (χ1v) is 13.9. The van der Waals surface area contributed by atoms with Crippen molar-refractivity contribution in [1.29, 1.82) is 0 Å². The van der Waals surface area contributed by atoms with Crippen molar-refractivity contribution in [3.8, 4) is 28.1 Å². The molecule has 1 aliphatic rings. The van der Waals surface area contributed by atoms with E-state index in [0.29, 0.717) is 5.56 Å². The van der Waals surface area contributed by atoms with Crippen molar-refractivity contribution in [1.82, 2.24) is 14.8 Å². The van der Waals surface area contributed by atoms with Crippen LogP contribution in [0.1, 0.15) is 68.0 Å². The number of hydrogen-bond acceptors (Lipinski definition) is 2. The summed E-state index contributed by atoms with van der Waals surface area (Å²) in [6.45, 7) is 15.0. The van der Waals surface area contributed by atoms with Crippen LogP contribution < -0.4 is 0 Å². The van der Waals surface area contributed by atoms with E-state index in [1.165, 1.54) is 11.3 Å². The summed E-state index contributed by atoms with van der Waals surface area (Å²) in [4.78, 5) is 4.22. The minimum Gasteiger partial charge on any atom is -0.305 e. The molecule has 3 heterocycles. The molecule has 6 rings (SSSR count). The van der Waals surface area contributed by atoms with Crippen molar-refractivity contribution in [3.63, 3.8) is 0 Å². The molecule has 0 unspecified atom stereocenters. The smallest absolute Gasteiger partial charge is 0.0575 e. The first kappa shape index (κ1) is 27.8. The molecular weight excluding hydrogens is 679 g/mol. The Labute approximate surface area is 262 Å². The average molecular weight is 720 g/mol. The molecule has 0 amide bonds. The van der Waals surface area contributed by atoms with Gasteiger partial charge in [0.05, 0.1) is 11.9 Å². The first-order chi connectivity index (χ1) is 19.8. The van der Waals surface area contributed by atoms with Gasteiger partial charge in [-0.15, -0.1) is 41.5 Å². The Bertz CT molecular complexity index is 1630. The van der Waals surface area contributed by atoms with E-state index < -0.39 is 11.8 Å². The maximum atomic E-state index is 8.56. The fourth-order valence-electron chi connectivity index (χ4n) is 5.31. The summed E-state index contributed by atoms with van der Waals surface area (Å²) in [5.41, 5.74) is 7.61. The topological polar surface area (TPSA) is 30.7 Å². The second kappa shape index (κ2) is 11.9. The second-order valence-electron chi connectivity index (χ2n) is 12.4. The van der Waals surface area contributed by atoms with Crippen molar-refractivity contribution in [2.75, 3.05) is 0 Å². The van der Waals surface area contributed by atoms with Gasteiger partial charge < -0.3 is 4.98 Å². The molecule has 213 valence electrons. The third kappa shape index (κ3) is 6.15. The molecule has 0 atom stereocenters. The van der Waals surface area contributed by atoms with Crippen LogP contribution in [0.4, 0.5) is 0 Å². The van der Waals surface area contributed by atoms with E-state index in [2.05, 4.69) is 50.9 Å². The summed E-state index contributed by atoms with van der Waals surface area (Å²) in [5, 5.41) is 4.76. The number of benzene rings is 3. The normalized spacial score (nSPS) is 15.6. The van der Waals surface area contributed by atoms with E-state index in [-0.39, 0.29) is 30.9 Å². The van der Waals surface area contributed by atoms with E-state index in [0.717, 1.165) is 28.1 Å². The van der Waals surface area contributed by atoms with E-state index in [1.807, 2.05) is 111 Å². The fraction of sp³-hybridized carbons (Fsp3) is 0.297. The zero-order valence-electron chi connectivity index (χ0n) is 26.9. The number of para-hydroxylation sites is 1. The minimum atomic E-state index is -1.40. The van der Waals surface area contributed by atoms with Gasteiger partial charge in [0.1, 0.15) is 0 Å². The van der Waals surface area contributed by atoms with Gasteiger partial charge in [0.15, 0.2) is 0 Å². The zero-order valence-corrected chi connectivity index (χ0v) is 27.3. The number of rotatable bonds is 3. The maximum Gasteiger partial charge on any atom is 0.0575 e. The molecule has 41 heavy (non-hydrogen) atoms. The summed E-state index contributed by atoms with van der Waals surface area (Å²) < 4.78 is 19.2. The minimum absolute atomic E-state index is 0. The predicted octanol–water partition coefficient (Wildman–Crippen LogP) is 9.04. The predicted molar refractivity (Wildman–Crippen MR) is 166 cm³/mol. The molecule has 0 N–H and O–H groups in total. The Morgan fingerprint density at radius 3 is 2.17 bits per heavy atom. The van der Waals surface area contributed by atoms with Gasteiger partial charge in [-0.1, -0.05) is 84.9 Å². The van der Waals surface area contributed by atoms with Crippen LogP contribution in [-0.2, 0) is 37.3 Å². The third-order valence-corrected chi connectivity index (χ3v) is 8.01. The summed E-state index contributed by atoms with van der Waals surface area (Å²) in [6, 6.07) is 34.3. The Hall–Kier alpha value is -3.33. The van der Waals surface area contributed by atoms with Gasteiger partial charge >= 0.3 is 0 Å². The van der Waals surface area contributed by atoms with E-state index in [9.17, 15) is 0 Å². The summed E-state index contributed by atoms with van der Waals surface area (Å²) in [5.74, 6) is 0. The Balaban J connectivity index is 0.000000272. The molecule has 1 aliphatic heterocycles. The van der Waals surface area contributed by atoms with Gasteiger partial charge in [-0.05, 0) is 45.8 Å². The van der Waals surface area contributed by atoms with Crippen LogP contribution in [0.5, 0.6) is 0 Å². The Morgan fingerprint density at radius 2 is 1.54 bits per heavy atom. The molecule has 3 aromatic carbocycles. The van der Waals surface area contributed by atoms with Gasteiger partial charge in [0, 0.05) is 40.0 Å². The van der Waals surface area contributed by atoms with Crippen LogP contribution in [0.15, 0.2) is 97.3 Å². The van der Waals surface area contributed by atoms with Gasteiger partial charge in [-0.3, -0.25) is 4.68 Å². The first-order valence-electron chi connectivity index (χ1n) is 14.9. The summed E-state index contributed by atoms with van der Waals surface area (Å²) in [6.07, 6.45) is 2.33. The SMILES string of the molecule is [2H]C([2H])(c1ccc(-c2cnn3c2C(C)(C)C(C)(C)c2ccc[c-]c2-3)cc1)C(C)(C)C.[Ir].[c-]1ccccc1-c1ccccn1.